The van der Waals surface area contributed by atoms with Gasteiger partial charge in [0.25, 0.3) is 0 Å². The fraction of sp³-hybridized carbons (Fsp3) is 0.133. The van der Waals surface area contributed by atoms with Gasteiger partial charge >= 0.3 is 5.97 Å². The van der Waals surface area contributed by atoms with Gasteiger partial charge in [0.15, 0.2) is 0 Å². The Hall–Kier alpha value is -2.07. The molecule has 2 rings (SSSR count). The number of ether oxygens (including phenoxy) is 1. The first-order valence-electron chi connectivity index (χ1n) is 5.92. The summed E-state index contributed by atoms with van der Waals surface area (Å²) in [5, 5.41) is 8.99. The molecule has 0 atom stereocenters. The fourth-order valence-electron chi connectivity index (χ4n) is 1.68. The Bertz CT molecular complexity index is 611. The third-order valence-corrected chi connectivity index (χ3v) is 2.92. The van der Waals surface area contributed by atoms with Crippen LogP contribution in [0.1, 0.15) is 11.1 Å². The molecule has 0 unspecified atom stereocenters. The van der Waals surface area contributed by atoms with Crippen LogP contribution in [0, 0.1) is 5.82 Å². The smallest absolute Gasteiger partial charge is 0.307 e. The van der Waals surface area contributed by atoms with E-state index in [1.54, 1.807) is 36.4 Å². The molecule has 5 heteroatoms. The molecule has 2 aromatic rings. The largest absolute Gasteiger partial charge is 0.489 e. The maximum absolute atomic E-state index is 13.5. The van der Waals surface area contributed by atoms with Gasteiger partial charge in [-0.05, 0) is 29.8 Å². The second kappa shape index (κ2) is 6.39. The minimum atomic E-state index is -0.887. The van der Waals surface area contributed by atoms with E-state index in [0.29, 0.717) is 21.9 Å². The van der Waals surface area contributed by atoms with Crippen LogP contribution in [0.4, 0.5) is 4.39 Å². The molecule has 0 aromatic heterocycles. The van der Waals surface area contributed by atoms with Gasteiger partial charge in [-0.3, -0.25) is 4.79 Å². The summed E-state index contributed by atoms with van der Waals surface area (Å²) < 4.78 is 19.0. The lowest BCUT2D eigenvalue weighted by atomic mass is 10.1. The van der Waals surface area contributed by atoms with E-state index in [1.165, 1.54) is 6.07 Å². The van der Waals surface area contributed by atoms with Crippen molar-refractivity contribution >= 4 is 17.6 Å². The van der Waals surface area contributed by atoms with Gasteiger partial charge in [-0.1, -0.05) is 29.8 Å². The van der Waals surface area contributed by atoms with Crippen LogP contribution in [0.3, 0.4) is 0 Å². The van der Waals surface area contributed by atoms with Crippen LogP contribution in [-0.2, 0) is 17.8 Å². The maximum atomic E-state index is 13.5. The van der Waals surface area contributed by atoms with Crippen LogP contribution in [-0.4, -0.2) is 11.1 Å². The van der Waals surface area contributed by atoms with Gasteiger partial charge in [0.1, 0.15) is 18.2 Å². The lowest BCUT2D eigenvalue weighted by Gasteiger charge is -2.08. The summed E-state index contributed by atoms with van der Waals surface area (Å²) >= 11 is 5.66. The van der Waals surface area contributed by atoms with Gasteiger partial charge in [-0.2, -0.15) is 0 Å². The van der Waals surface area contributed by atoms with Crippen molar-refractivity contribution < 1.29 is 19.0 Å². The first-order chi connectivity index (χ1) is 9.54. The Labute approximate surface area is 120 Å². The molecule has 0 saturated carbocycles. The standard InChI is InChI=1S/C15H12ClFO3/c16-12-4-3-11(14(17)8-12)9-20-13-5-1-10(2-6-13)7-15(18)19/h1-6,8H,7,9H2,(H,18,19). The van der Waals surface area contributed by atoms with E-state index in [4.69, 9.17) is 21.4 Å². The monoisotopic (exact) mass is 294 g/mol. The Morgan fingerprint density at radius 1 is 1.20 bits per heavy atom. The van der Waals surface area contributed by atoms with Crippen molar-refractivity contribution in [2.75, 3.05) is 0 Å². The molecule has 0 amide bonds. The third-order valence-electron chi connectivity index (χ3n) is 2.69. The van der Waals surface area contributed by atoms with Gasteiger partial charge in [0, 0.05) is 10.6 Å². The average Bonchev–Trinajstić information content (AvgIpc) is 2.39. The summed E-state index contributed by atoms with van der Waals surface area (Å²) in [5.41, 5.74) is 1.09. The van der Waals surface area contributed by atoms with E-state index in [-0.39, 0.29) is 13.0 Å². The Morgan fingerprint density at radius 2 is 1.90 bits per heavy atom. The molecule has 2 aromatic carbocycles. The van der Waals surface area contributed by atoms with Crippen molar-refractivity contribution in [3.05, 3.63) is 64.4 Å². The minimum absolute atomic E-state index is 0.0356. The predicted octanol–water partition coefficient (Wildman–Crippen LogP) is 3.69. The lowest BCUT2D eigenvalue weighted by Crippen LogP contribution is -2.01. The summed E-state index contributed by atoms with van der Waals surface area (Å²) in [6.45, 7) is 0.0846. The van der Waals surface area contributed by atoms with E-state index in [2.05, 4.69) is 0 Å². The topological polar surface area (TPSA) is 46.5 Å². The number of carbonyl (C=O) groups is 1. The summed E-state index contributed by atoms with van der Waals surface area (Å²) in [6.07, 6.45) is -0.0356. The minimum Gasteiger partial charge on any atom is -0.489 e. The fourth-order valence-corrected chi connectivity index (χ4v) is 1.84. The number of carboxylic acids is 1. The van der Waals surface area contributed by atoms with E-state index >= 15 is 0 Å². The van der Waals surface area contributed by atoms with Crippen molar-refractivity contribution in [1.82, 2.24) is 0 Å². The van der Waals surface area contributed by atoms with Crippen LogP contribution in [0.5, 0.6) is 5.75 Å². The van der Waals surface area contributed by atoms with Gasteiger partial charge < -0.3 is 9.84 Å². The molecule has 0 fully saturated rings. The quantitative estimate of drug-likeness (QED) is 0.915. The number of benzene rings is 2. The number of hydrogen-bond acceptors (Lipinski definition) is 2. The highest BCUT2D eigenvalue weighted by Crippen LogP contribution is 2.18. The van der Waals surface area contributed by atoms with Gasteiger partial charge in [0.05, 0.1) is 6.42 Å². The molecule has 0 radical (unpaired) electrons. The van der Waals surface area contributed by atoms with Crippen molar-refractivity contribution in [2.24, 2.45) is 0 Å². The summed E-state index contributed by atoms with van der Waals surface area (Å²) in [4.78, 5) is 10.5. The zero-order chi connectivity index (χ0) is 14.5. The highest BCUT2D eigenvalue weighted by Gasteiger charge is 2.05. The van der Waals surface area contributed by atoms with Gasteiger partial charge in [-0.25, -0.2) is 4.39 Å². The molecular weight excluding hydrogens is 283 g/mol. The number of rotatable bonds is 5. The second-order valence-electron chi connectivity index (χ2n) is 4.24. The molecule has 1 N–H and O–H groups in total. The van der Waals surface area contributed by atoms with E-state index in [9.17, 15) is 9.18 Å². The van der Waals surface area contributed by atoms with E-state index in [0.717, 1.165) is 0 Å². The Balaban J connectivity index is 1.98. The van der Waals surface area contributed by atoms with Gasteiger partial charge in [0.2, 0.25) is 0 Å². The molecule has 0 heterocycles. The normalized spacial score (nSPS) is 10.3. The van der Waals surface area contributed by atoms with Crippen LogP contribution >= 0.6 is 11.6 Å². The number of halogens is 2. The SMILES string of the molecule is O=C(O)Cc1ccc(OCc2ccc(Cl)cc2F)cc1. The summed E-state index contributed by atoms with van der Waals surface area (Å²) in [6, 6.07) is 11.0. The van der Waals surface area contributed by atoms with Gasteiger partial charge in [-0.15, -0.1) is 0 Å². The van der Waals surface area contributed by atoms with Crippen molar-refractivity contribution in [2.45, 2.75) is 13.0 Å². The molecule has 0 saturated heterocycles. The Morgan fingerprint density at radius 3 is 2.50 bits per heavy atom. The number of aliphatic carboxylic acids is 1. The molecule has 0 aliphatic heterocycles. The molecule has 0 aliphatic rings. The molecule has 104 valence electrons. The first-order valence-corrected chi connectivity index (χ1v) is 6.30. The molecule has 0 aliphatic carbocycles. The molecule has 0 bridgehead atoms. The summed E-state index contributed by atoms with van der Waals surface area (Å²) in [7, 11) is 0. The van der Waals surface area contributed by atoms with Crippen LogP contribution in [0.2, 0.25) is 5.02 Å². The van der Waals surface area contributed by atoms with Crippen LogP contribution < -0.4 is 4.74 Å². The highest BCUT2D eigenvalue weighted by atomic mass is 35.5. The first kappa shape index (κ1) is 14.3. The summed E-state index contributed by atoms with van der Waals surface area (Å²) in [5.74, 6) is -0.754. The van der Waals surface area contributed by atoms with Crippen molar-refractivity contribution in [1.29, 1.82) is 0 Å². The molecule has 3 nitrogen and oxygen atoms in total. The second-order valence-corrected chi connectivity index (χ2v) is 4.68. The Kier molecular flexibility index (Phi) is 4.58. The van der Waals surface area contributed by atoms with Crippen LogP contribution in [0.15, 0.2) is 42.5 Å². The molecular formula is C15H12ClFO3. The predicted molar refractivity (Wildman–Crippen MR) is 73.5 cm³/mol. The van der Waals surface area contributed by atoms with Crippen LogP contribution in [0.25, 0.3) is 0 Å². The van der Waals surface area contributed by atoms with E-state index < -0.39 is 11.8 Å². The zero-order valence-electron chi connectivity index (χ0n) is 10.5. The highest BCUT2D eigenvalue weighted by molar-refractivity contribution is 6.30. The zero-order valence-corrected chi connectivity index (χ0v) is 11.2. The number of hydrogen-bond donors (Lipinski definition) is 1. The average molecular weight is 295 g/mol. The maximum Gasteiger partial charge on any atom is 0.307 e. The number of carboxylic acid groups (broad SMARTS) is 1. The molecule has 20 heavy (non-hydrogen) atoms. The van der Waals surface area contributed by atoms with Crippen molar-refractivity contribution in [3.8, 4) is 5.75 Å². The third kappa shape index (κ3) is 3.96. The lowest BCUT2D eigenvalue weighted by molar-refractivity contribution is -0.136. The molecule has 0 spiro atoms. The van der Waals surface area contributed by atoms with E-state index in [1.807, 2.05) is 0 Å². The van der Waals surface area contributed by atoms with Crippen molar-refractivity contribution in [3.63, 3.8) is 0 Å².